The molecule has 1 saturated carbocycles. The second kappa shape index (κ2) is 4.69. The molecule has 1 aliphatic rings. The van der Waals surface area contributed by atoms with Gasteiger partial charge >= 0.3 is 0 Å². The van der Waals surface area contributed by atoms with Crippen LogP contribution < -0.4 is 5.90 Å². The van der Waals surface area contributed by atoms with Crippen molar-refractivity contribution in [1.29, 1.82) is 0 Å². The van der Waals surface area contributed by atoms with Gasteiger partial charge in [-0.15, -0.1) is 0 Å². The first kappa shape index (κ1) is 8.02. The van der Waals surface area contributed by atoms with E-state index in [1.807, 2.05) is 0 Å². The van der Waals surface area contributed by atoms with E-state index >= 15 is 0 Å². The Morgan fingerprint density at radius 1 is 1.20 bits per heavy atom. The van der Waals surface area contributed by atoms with Crippen LogP contribution in [0, 0.1) is 5.92 Å². The van der Waals surface area contributed by atoms with E-state index in [1.165, 1.54) is 32.1 Å². The molecule has 0 saturated heterocycles. The van der Waals surface area contributed by atoms with Crippen LogP contribution in [0.3, 0.4) is 0 Å². The Labute approximate surface area is 62.7 Å². The largest absolute Gasteiger partial charge is 0.305 e. The molecule has 0 aliphatic heterocycles. The van der Waals surface area contributed by atoms with E-state index in [1.54, 1.807) is 0 Å². The molecule has 0 atom stereocenters. The summed E-state index contributed by atoms with van der Waals surface area (Å²) in [6.45, 7) is 0.741. The van der Waals surface area contributed by atoms with Gasteiger partial charge in [0.05, 0.1) is 6.61 Å². The second-order valence-corrected chi connectivity index (χ2v) is 3.16. The zero-order valence-corrected chi connectivity index (χ0v) is 6.51. The Bertz CT molecular complexity index is 79.3. The molecule has 0 amide bonds. The summed E-state index contributed by atoms with van der Waals surface area (Å²) in [6, 6.07) is 0. The van der Waals surface area contributed by atoms with E-state index in [0.717, 1.165) is 18.9 Å². The maximum Gasteiger partial charge on any atom is 0.0681 e. The number of hydrogen-bond donors (Lipinski definition) is 1. The van der Waals surface area contributed by atoms with Gasteiger partial charge in [-0.1, -0.05) is 32.1 Å². The van der Waals surface area contributed by atoms with Gasteiger partial charge in [0.15, 0.2) is 0 Å². The predicted molar refractivity (Wildman–Crippen MR) is 41.3 cm³/mol. The van der Waals surface area contributed by atoms with Gasteiger partial charge in [-0.05, 0) is 12.3 Å². The number of nitrogens with two attached hydrogens (primary N) is 1. The lowest BCUT2D eigenvalue weighted by Gasteiger charge is -2.20. The Morgan fingerprint density at radius 2 is 1.90 bits per heavy atom. The zero-order chi connectivity index (χ0) is 7.23. The molecule has 1 fully saturated rings. The summed E-state index contributed by atoms with van der Waals surface area (Å²) in [5.41, 5.74) is 0. The first-order chi connectivity index (χ1) is 4.93. The topological polar surface area (TPSA) is 35.2 Å². The monoisotopic (exact) mass is 143 g/mol. The van der Waals surface area contributed by atoms with Gasteiger partial charge in [0.25, 0.3) is 0 Å². The van der Waals surface area contributed by atoms with Gasteiger partial charge in [-0.25, -0.2) is 5.90 Å². The summed E-state index contributed by atoms with van der Waals surface area (Å²) in [4.78, 5) is 4.54. The lowest BCUT2D eigenvalue weighted by atomic mass is 9.87. The van der Waals surface area contributed by atoms with E-state index in [2.05, 4.69) is 4.84 Å². The molecule has 1 aliphatic carbocycles. The second-order valence-electron chi connectivity index (χ2n) is 3.16. The van der Waals surface area contributed by atoms with Gasteiger partial charge in [0.1, 0.15) is 0 Å². The molecule has 1 rings (SSSR count). The highest BCUT2D eigenvalue weighted by molar-refractivity contribution is 4.64. The van der Waals surface area contributed by atoms with Crippen LogP contribution in [0.1, 0.15) is 38.5 Å². The average Bonchev–Trinajstić information content (AvgIpc) is 2.03. The molecule has 0 radical (unpaired) electrons. The van der Waals surface area contributed by atoms with Crippen LogP contribution in [-0.4, -0.2) is 6.61 Å². The fraction of sp³-hybridized carbons (Fsp3) is 1.00. The molecule has 10 heavy (non-hydrogen) atoms. The highest BCUT2D eigenvalue weighted by Gasteiger charge is 2.12. The summed E-state index contributed by atoms with van der Waals surface area (Å²) in [6.07, 6.45) is 8.20. The van der Waals surface area contributed by atoms with Gasteiger partial charge < -0.3 is 4.84 Å². The Balaban J connectivity index is 2.02. The number of hydrogen-bond acceptors (Lipinski definition) is 2. The molecule has 0 unspecified atom stereocenters. The number of rotatable bonds is 3. The third kappa shape index (κ3) is 2.67. The zero-order valence-electron chi connectivity index (χ0n) is 6.51. The Hall–Kier alpha value is -0.0800. The minimum atomic E-state index is 0.741. The van der Waals surface area contributed by atoms with Crippen LogP contribution >= 0.6 is 0 Å². The fourth-order valence-corrected chi connectivity index (χ4v) is 1.71. The van der Waals surface area contributed by atoms with E-state index in [0.29, 0.717) is 0 Å². The summed E-state index contributed by atoms with van der Waals surface area (Å²) in [7, 11) is 0. The van der Waals surface area contributed by atoms with Crippen LogP contribution in [-0.2, 0) is 4.84 Å². The maximum absolute atomic E-state index is 4.95. The van der Waals surface area contributed by atoms with Crippen molar-refractivity contribution in [3.63, 3.8) is 0 Å². The maximum atomic E-state index is 4.95. The summed E-state index contributed by atoms with van der Waals surface area (Å²) >= 11 is 0. The molecule has 2 nitrogen and oxygen atoms in total. The molecule has 0 bridgehead atoms. The molecule has 0 aromatic carbocycles. The molecule has 2 N–H and O–H groups in total. The van der Waals surface area contributed by atoms with Crippen molar-refractivity contribution in [2.75, 3.05) is 6.61 Å². The van der Waals surface area contributed by atoms with E-state index < -0.39 is 0 Å². The first-order valence-electron chi connectivity index (χ1n) is 4.25. The van der Waals surface area contributed by atoms with Crippen LogP contribution in [0.5, 0.6) is 0 Å². The van der Waals surface area contributed by atoms with Crippen LogP contribution in [0.4, 0.5) is 0 Å². The predicted octanol–water partition coefficient (Wildman–Crippen LogP) is 1.85. The normalized spacial score (nSPS) is 21.3. The van der Waals surface area contributed by atoms with E-state index in [4.69, 9.17) is 5.90 Å². The average molecular weight is 143 g/mol. The molecular formula is C8H17NO. The summed E-state index contributed by atoms with van der Waals surface area (Å²) < 4.78 is 0. The SMILES string of the molecule is NOCCC1CCCCC1. The van der Waals surface area contributed by atoms with Gasteiger partial charge in [-0.2, -0.15) is 0 Å². The Kier molecular flexibility index (Phi) is 3.76. The van der Waals surface area contributed by atoms with Crippen LogP contribution in [0.2, 0.25) is 0 Å². The summed E-state index contributed by atoms with van der Waals surface area (Å²) in [5.74, 6) is 5.85. The minimum Gasteiger partial charge on any atom is -0.305 e. The molecule has 0 heterocycles. The van der Waals surface area contributed by atoms with Gasteiger partial charge in [-0.3, -0.25) is 0 Å². The lowest BCUT2D eigenvalue weighted by Crippen LogP contribution is -2.11. The van der Waals surface area contributed by atoms with Crippen molar-refractivity contribution in [2.24, 2.45) is 11.8 Å². The Morgan fingerprint density at radius 3 is 2.50 bits per heavy atom. The van der Waals surface area contributed by atoms with Crippen LogP contribution in [0.15, 0.2) is 0 Å². The van der Waals surface area contributed by atoms with Crippen molar-refractivity contribution >= 4 is 0 Å². The quantitative estimate of drug-likeness (QED) is 0.612. The lowest BCUT2D eigenvalue weighted by molar-refractivity contribution is 0.116. The van der Waals surface area contributed by atoms with Crippen molar-refractivity contribution in [3.8, 4) is 0 Å². The van der Waals surface area contributed by atoms with Gasteiger partial charge in [0, 0.05) is 0 Å². The summed E-state index contributed by atoms with van der Waals surface area (Å²) in [5, 5.41) is 0. The molecule has 0 aromatic heterocycles. The minimum absolute atomic E-state index is 0.741. The highest BCUT2D eigenvalue weighted by atomic mass is 16.6. The van der Waals surface area contributed by atoms with Crippen molar-refractivity contribution in [2.45, 2.75) is 38.5 Å². The van der Waals surface area contributed by atoms with Gasteiger partial charge in [0.2, 0.25) is 0 Å². The third-order valence-corrected chi connectivity index (χ3v) is 2.37. The smallest absolute Gasteiger partial charge is 0.0681 e. The standard InChI is InChI=1S/C8H17NO/c9-10-7-6-8-4-2-1-3-5-8/h8H,1-7,9H2. The van der Waals surface area contributed by atoms with E-state index in [9.17, 15) is 0 Å². The third-order valence-electron chi connectivity index (χ3n) is 2.37. The van der Waals surface area contributed by atoms with Crippen LogP contribution in [0.25, 0.3) is 0 Å². The van der Waals surface area contributed by atoms with Crippen molar-refractivity contribution in [1.82, 2.24) is 0 Å². The fourth-order valence-electron chi connectivity index (χ4n) is 1.71. The first-order valence-corrected chi connectivity index (χ1v) is 4.25. The molecule has 60 valence electrons. The van der Waals surface area contributed by atoms with Crippen molar-refractivity contribution < 1.29 is 4.84 Å². The molecule has 2 heteroatoms. The van der Waals surface area contributed by atoms with E-state index in [-0.39, 0.29) is 0 Å². The molecular weight excluding hydrogens is 126 g/mol. The molecule has 0 spiro atoms. The molecule has 0 aromatic rings. The van der Waals surface area contributed by atoms with Crippen molar-refractivity contribution in [3.05, 3.63) is 0 Å². The highest BCUT2D eigenvalue weighted by Crippen LogP contribution is 2.25.